The van der Waals surface area contributed by atoms with Gasteiger partial charge in [-0.25, -0.2) is 14.2 Å². The number of thiophene rings is 1. The summed E-state index contributed by atoms with van der Waals surface area (Å²) >= 11 is 13.0. The average molecular weight is 413 g/mol. The van der Waals surface area contributed by atoms with Gasteiger partial charge in [0.15, 0.2) is 11.3 Å². The molecule has 5 nitrogen and oxygen atoms in total. The summed E-state index contributed by atoms with van der Waals surface area (Å²) in [4.78, 5) is 28.5. The van der Waals surface area contributed by atoms with Crippen LogP contribution in [0.1, 0.15) is 16.6 Å². The van der Waals surface area contributed by atoms with E-state index in [1.165, 1.54) is 31.3 Å². The minimum Gasteiger partial charge on any atom is -0.448 e. The van der Waals surface area contributed by atoms with E-state index in [4.69, 9.17) is 27.9 Å². The van der Waals surface area contributed by atoms with Gasteiger partial charge < -0.3 is 10.1 Å². The van der Waals surface area contributed by atoms with Gasteiger partial charge in [-0.1, -0.05) is 23.2 Å². The number of nitrogens with zero attached hydrogens (tertiary/aromatic N) is 1. The Hall–Kier alpha value is -2.22. The predicted molar refractivity (Wildman–Crippen MR) is 99.5 cm³/mol. The molecule has 0 aliphatic heterocycles. The van der Waals surface area contributed by atoms with Crippen molar-refractivity contribution in [1.29, 1.82) is 0 Å². The van der Waals surface area contributed by atoms with Gasteiger partial charge in [-0.15, -0.1) is 11.3 Å². The zero-order valence-corrected chi connectivity index (χ0v) is 15.6. The number of anilines is 1. The van der Waals surface area contributed by atoms with Crippen LogP contribution >= 0.6 is 34.5 Å². The number of benzene rings is 1. The van der Waals surface area contributed by atoms with Gasteiger partial charge in [-0.2, -0.15) is 0 Å². The molecule has 2 aromatic heterocycles. The summed E-state index contributed by atoms with van der Waals surface area (Å²) in [5.74, 6) is -1.77. The molecule has 26 heavy (non-hydrogen) atoms. The van der Waals surface area contributed by atoms with E-state index >= 15 is 0 Å². The van der Waals surface area contributed by atoms with Crippen molar-refractivity contribution >= 4 is 62.2 Å². The number of esters is 1. The smallest absolute Gasteiger partial charge is 0.350 e. The van der Waals surface area contributed by atoms with Crippen molar-refractivity contribution in [2.75, 3.05) is 5.32 Å². The first-order valence-corrected chi connectivity index (χ1v) is 8.94. The standard InChI is InChI=1S/C17H11Cl2FN2O3S/c1-8(16(23)22-11-3-2-6-21-15(11)19)25-17(24)14-13(18)10-5-4-9(20)7-12(10)26-14/h2-8H,1H3,(H,22,23). The summed E-state index contributed by atoms with van der Waals surface area (Å²) in [7, 11) is 0. The molecule has 1 unspecified atom stereocenters. The fraction of sp³-hybridized carbons (Fsp3) is 0.118. The molecule has 0 saturated carbocycles. The van der Waals surface area contributed by atoms with Crippen LogP contribution in [0.4, 0.5) is 10.1 Å². The van der Waals surface area contributed by atoms with Crippen LogP contribution in [0.3, 0.4) is 0 Å². The number of hydrogen-bond acceptors (Lipinski definition) is 5. The third-order valence-electron chi connectivity index (χ3n) is 3.45. The molecule has 1 aromatic carbocycles. The largest absolute Gasteiger partial charge is 0.448 e. The lowest BCUT2D eigenvalue weighted by atomic mass is 10.2. The van der Waals surface area contributed by atoms with E-state index in [1.807, 2.05) is 0 Å². The maximum Gasteiger partial charge on any atom is 0.350 e. The van der Waals surface area contributed by atoms with Gasteiger partial charge in [0, 0.05) is 16.3 Å². The van der Waals surface area contributed by atoms with Gasteiger partial charge >= 0.3 is 5.97 Å². The maximum atomic E-state index is 13.3. The highest BCUT2D eigenvalue weighted by Crippen LogP contribution is 2.36. The molecule has 0 aliphatic rings. The van der Waals surface area contributed by atoms with Gasteiger partial charge in [0.2, 0.25) is 0 Å². The first-order chi connectivity index (χ1) is 12.4. The van der Waals surface area contributed by atoms with E-state index in [0.717, 1.165) is 11.3 Å². The minimum absolute atomic E-state index is 0.103. The van der Waals surface area contributed by atoms with Crippen LogP contribution in [0.15, 0.2) is 36.5 Å². The molecular formula is C17H11Cl2FN2O3S. The van der Waals surface area contributed by atoms with Crippen LogP contribution in [0.2, 0.25) is 10.2 Å². The van der Waals surface area contributed by atoms with Crippen molar-refractivity contribution in [1.82, 2.24) is 4.98 Å². The fourth-order valence-corrected chi connectivity index (χ4v) is 3.73. The minimum atomic E-state index is -1.10. The number of hydrogen-bond donors (Lipinski definition) is 1. The van der Waals surface area contributed by atoms with Crippen molar-refractivity contribution in [3.63, 3.8) is 0 Å². The van der Waals surface area contributed by atoms with Crippen LogP contribution in [-0.2, 0) is 9.53 Å². The Morgan fingerprint density at radius 3 is 2.81 bits per heavy atom. The molecule has 0 fully saturated rings. The van der Waals surface area contributed by atoms with Crippen molar-refractivity contribution in [3.05, 3.63) is 57.4 Å². The van der Waals surface area contributed by atoms with Crippen LogP contribution < -0.4 is 5.32 Å². The summed E-state index contributed by atoms with van der Waals surface area (Å²) in [5, 5.41) is 3.36. The molecule has 9 heteroatoms. The number of ether oxygens (including phenoxy) is 1. The molecule has 3 aromatic rings. The zero-order chi connectivity index (χ0) is 18.8. The van der Waals surface area contributed by atoms with Crippen molar-refractivity contribution in [3.8, 4) is 0 Å². The predicted octanol–water partition coefficient (Wildman–Crippen LogP) is 4.93. The summed E-state index contributed by atoms with van der Waals surface area (Å²) in [6.45, 7) is 1.42. The second-order valence-corrected chi connectivity index (χ2v) is 7.05. The molecule has 0 saturated heterocycles. The molecule has 0 aliphatic carbocycles. The molecule has 1 N–H and O–H groups in total. The fourth-order valence-electron chi connectivity index (χ4n) is 2.15. The SMILES string of the molecule is CC(OC(=O)c1sc2cc(F)ccc2c1Cl)C(=O)Nc1cccnc1Cl. The second-order valence-electron chi connectivity index (χ2n) is 5.26. The van der Waals surface area contributed by atoms with Crippen LogP contribution in [0.25, 0.3) is 10.1 Å². The van der Waals surface area contributed by atoms with Crippen LogP contribution in [0, 0.1) is 5.82 Å². The number of pyridine rings is 1. The van der Waals surface area contributed by atoms with Crippen LogP contribution in [0.5, 0.6) is 0 Å². The number of rotatable bonds is 4. The lowest BCUT2D eigenvalue weighted by Gasteiger charge is -2.13. The Morgan fingerprint density at radius 1 is 1.31 bits per heavy atom. The van der Waals surface area contributed by atoms with Gasteiger partial charge in [-0.05, 0) is 37.3 Å². The summed E-state index contributed by atoms with van der Waals surface area (Å²) in [6, 6.07) is 7.20. The average Bonchev–Trinajstić information content (AvgIpc) is 2.93. The van der Waals surface area contributed by atoms with Gasteiger partial charge in [0.1, 0.15) is 10.7 Å². The molecule has 1 amide bonds. The normalized spacial score (nSPS) is 12.0. The van der Waals surface area contributed by atoms with Crippen molar-refractivity contribution in [2.24, 2.45) is 0 Å². The molecule has 1 atom stereocenters. The lowest BCUT2D eigenvalue weighted by Crippen LogP contribution is -2.30. The molecule has 2 heterocycles. The third kappa shape index (κ3) is 3.80. The number of amides is 1. The maximum absolute atomic E-state index is 13.3. The molecule has 3 rings (SSSR count). The first-order valence-electron chi connectivity index (χ1n) is 7.36. The van der Waals surface area contributed by atoms with E-state index in [1.54, 1.807) is 12.1 Å². The lowest BCUT2D eigenvalue weighted by molar-refractivity contribution is -0.123. The third-order valence-corrected chi connectivity index (χ3v) is 5.39. The number of aromatic nitrogens is 1. The highest BCUT2D eigenvalue weighted by molar-refractivity contribution is 7.21. The second kappa shape index (κ2) is 7.57. The van der Waals surface area contributed by atoms with E-state index in [9.17, 15) is 14.0 Å². The van der Waals surface area contributed by atoms with Gasteiger partial charge in [-0.3, -0.25) is 4.79 Å². The molecule has 134 valence electrons. The van der Waals surface area contributed by atoms with Crippen molar-refractivity contribution in [2.45, 2.75) is 13.0 Å². The van der Waals surface area contributed by atoms with E-state index < -0.39 is 23.8 Å². The van der Waals surface area contributed by atoms with Crippen LogP contribution in [-0.4, -0.2) is 23.0 Å². The Balaban J connectivity index is 1.74. The Bertz CT molecular complexity index is 1010. The monoisotopic (exact) mass is 412 g/mol. The van der Waals surface area contributed by atoms with E-state index in [2.05, 4.69) is 10.3 Å². The quantitative estimate of drug-likeness (QED) is 0.487. The Kier molecular flexibility index (Phi) is 5.41. The summed E-state index contributed by atoms with van der Waals surface area (Å²) in [6.07, 6.45) is 0.380. The molecule has 0 spiro atoms. The number of carbonyl (C=O) groups excluding carboxylic acids is 2. The van der Waals surface area contributed by atoms with E-state index in [-0.39, 0.29) is 15.1 Å². The number of nitrogens with one attached hydrogen (secondary N) is 1. The van der Waals surface area contributed by atoms with Crippen molar-refractivity contribution < 1.29 is 18.7 Å². The van der Waals surface area contributed by atoms with E-state index in [0.29, 0.717) is 15.8 Å². The number of carbonyl (C=O) groups is 2. The highest BCUT2D eigenvalue weighted by atomic mass is 35.5. The topological polar surface area (TPSA) is 68.3 Å². The van der Waals surface area contributed by atoms with Gasteiger partial charge in [0.05, 0.1) is 10.7 Å². The zero-order valence-electron chi connectivity index (χ0n) is 13.3. The number of halogens is 3. The molecule has 0 bridgehead atoms. The molecule has 0 radical (unpaired) electrons. The highest BCUT2D eigenvalue weighted by Gasteiger charge is 2.24. The first kappa shape index (κ1) is 18.6. The Labute approximate surface area is 161 Å². The number of fused-ring (bicyclic) bond motifs is 1. The van der Waals surface area contributed by atoms with Gasteiger partial charge in [0.25, 0.3) is 5.91 Å². The molecular weight excluding hydrogens is 402 g/mol. The Morgan fingerprint density at radius 2 is 2.08 bits per heavy atom. The summed E-state index contributed by atoms with van der Waals surface area (Å²) in [5.41, 5.74) is 0.303. The summed E-state index contributed by atoms with van der Waals surface area (Å²) < 4.78 is 19.0.